The molecule has 1 aliphatic heterocycles. The molecule has 140 valence electrons. The molecule has 9 heteroatoms. The van der Waals surface area contributed by atoms with Crippen LogP contribution in [0.2, 0.25) is 5.02 Å². The van der Waals surface area contributed by atoms with E-state index in [0.717, 1.165) is 5.52 Å². The van der Waals surface area contributed by atoms with Crippen LogP contribution in [-0.4, -0.2) is 45.6 Å². The second kappa shape index (κ2) is 7.50. The summed E-state index contributed by atoms with van der Waals surface area (Å²) in [6.45, 7) is 1.04. The largest absolute Gasteiger partial charge is 0.444 e. The van der Waals surface area contributed by atoms with E-state index in [9.17, 15) is 9.18 Å². The molecular formula is C18H16ClFN4O3. The minimum atomic E-state index is -0.488. The van der Waals surface area contributed by atoms with Crippen LogP contribution < -0.4 is 0 Å². The summed E-state index contributed by atoms with van der Waals surface area (Å²) >= 11 is 5.96. The van der Waals surface area contributed by atoms with E-state index in [4.69, 9.17) is 21.1 Å². The Bertz CT molecular complexity index is 947. The minimum absolute atomic E-state index is 0.0332. The lowest BCUT2D eigenvalue weighted by Crippen LogP contribution is -2.42. The molecule has 7 nitrogen and oxygen atoms in total. The number of imidazole rings is 1. The summed E-state index contributed by atoms with van der Waals surface area (Å²) < 4.78 is 24.1. The van der Waals surface area contributed by atoms with Crippen LogP contribution in [0.3, 0.4) is 0 Å². The van der Waals surface area contributed by atoms with E-state index in [1.54, 1.807) is 17.2 Å². The standard InChI is InChI=1S/C18H16ClFN4O3/c19-13-8-12(20)4-3-11(13)10-27-18(25)24-6-7-26-15(9-24)17-22-14-2-1-5-21-16(14)23-17/h1-5,8,15H,6-7,9-10H2,(H,21,22,23)/t15-/m0/s1. The Balaban J connectivity index is 1.40. The molecule has 3 heterocycles. The van der Waals surface area contributed by atoms with Crippen LogP contribution >= 0.6 is 11.6 Å². The van der Waals surface area contributed by atoms with Crippen molar-refractivity contribution in [2.75, 3.05) is 19.7 Å². The number of halogens is 2. The monoisotopic (exact) mass is 390 g/mol. The summed E-state index contributed by atoms with van der Waals surface area (Å²) in [5.41, 5.74) is 1.95. The average molecular weight is 391 g/mol. The van der Waals surface area contributed by atoms with E-state index >= 15 is 0 Å². The van der Waals surface area contributed by atoms with Gasteiger partial charge in [-0.1, -0.05) is 17.7 Å². The molecule has 1 atom stereocenters. The van der Waals surface area contributed by atoms with Crippen LogP contribution in [0, 0.1) is 5.82 Å². The second-order valence-electron chi connectivity index (χ2n) is 6.09. The molecule has 4 rings (SSSR count). The number of hydrogen-bond donors (Lipinski definition) is 1. The fourth-order valence-corrected chi connectivity index (χ4v) is 3.09. The number of hydrogen-bond acceptors (Lipinski definition) is 5. The van der Waals surface area contributed by atoms with Gasteiger partial charge in [0.05, 0.1) is 18.2 Å². The van der Waals surface area contributed by atoms with Gasteiger partial charge in [0, 0.05) is 18.3 Å². The molecule has 3 aromatic rings. The number of carbonyl (C=O) groups is 1. The van der Waals surface area contributed by atoms with E-state index in [1.807, 2.05) is 6.07 Å². The predicted octanol–water partition coefficient (Wildman–Crippen LogP) is 3.46. The number of amides is 1. The fraction of sp³-hybridized carbons (Fsp3) is 0.278. The van der Waals surface area contributed by atoms with Crippen LogP contribution in [0.25, 0.3) is 11.2 Å². The van der Waals surface area contributed by atoms with Gasteiger partial charge in [0.15, 0.2) is 5.65 Å². The number of H-pyrrole nitrogens is 1. The van der Waals surface area contributed by atoms with E-state index in [-0.39, 0.29) is 11.6 Å². The molecule has 2 aromatic heterocycles. The van der Waals surface area contributed by atoms with Crippen molar-refractivity contribution in [1.29, 1.82) is 0 Å². The van der Waals surface area contributed by atoms with Crippen molar-refractivity contribution in [3.8, 4) is 0 Å². The molecule has 1 saturated heterocycles. The van der Waals surface area contributed by atoms with Crippen molar-refractivity contribution in [2.45, 2.75) is 12.7 Å². The summed E-state index contributed by atoms with van der Waals surface area (Å²) in [4.78, 5) is 25.7. The zero-order valence-electron chi connectivity index (χ0n) is 14.2. The maximum Gasteiger partial charge on any atom is 0.410 e. The van der Waals surface area contributed by atoms with Gasteiger partial charge in [-0.25, -0.2) is 19.2 Å². The smallest absolute Gasteiger partial charge is 0.410 e. The van der Waals surface area contributed by atoms with Gasteiger partial charge in [-0.05, 0) is 24.3 Å². The van der Waals surface area contributed by atoms with Gasteiger partial charge < -0.3 is 19.4 Å². The van der Waals surface area contributed by atoms with Crippen LogP contribution in [-0.2, 0) is 16.1 Å². The summed E-state index contributed by atoms with van der Waals surface area (Å²) in [5, 5.41) is 0.220. The van der Waals surface area contributed by atoms with Gasteiger partial charge in [0.25, 0.3) is 0 Å². The topological polar surface area (TPSA) is 80.3 Å². The molecule has 1 aliphatic rings. The molecule has 1 amide bonds. The molecule has 1 N–H and O–H groups in total. The van der Waals surface area contributed by atoms with Crippen molar-refractivity contribution in [3.63, 3.8) is 0 Å². The number of ether oxygens (including phenoxy) is 2. The normalized spacial score (nSPS) is 17.3. The van der Waals surface area contributed by atoms with Crippen molar-refractivity contribution in [3.05, 3.63) is 58.8 Å². The second-order valence-corrected chi connectivity index (χ2v) is 6.50. The van der Waals surface area contributed by atoms with Gasteiger partial charge in [-0.15, -0.1) is 0 Å². The zero-order chi connectivity index (χ0) is 18.8. The number of nitrogens with one attached hydrogen (secondary N) is 1. The van der Waals surface area contributed by atoms with E-state index in [0.29, 0.717) is 36.7 Å². The van der Waals surface area contributed by atoms with Gasteiger partial charge >= 0.3 is 6.09 Å². The number of rotatable bonds is 3. The van der Waals surface area contributed by atoms with Gasteiger partial charge in [-0.3, -0.25) is 0 Å². The molecule has 0 saturated carbocycles. The Morgan fingerprint density at radius 2 is 2.33 bits per heavy atom. The highest BCUT2D eigenvalue weighted by Gasteiger charge is 2.28. The Morgan fingerprint density at radius 1 is 1.44 bits per heavy atom. The Labute approximate surface area is 159 Å². The Morgan fingerprint density at radius 3 is 3.15 bits per heavy atom. The first kappa shape index (κ1) is 17.7. The number of benzene rings is 1. The van der Waals surface area contributed by atoms with Crippen molar-refractivity contribution in [1.82, 2.24) is 19.9 Å². The molecule has 0 radical (unpaired) electrons. The highest BCUT2D eigenvalue weighted by atomic mass is 35.5. The number of carbonyl (C=O) groups excluding carboxylic acids is 1. The number of pyridine rings is 1. The third-order valence-electron chi connectivity index (χ3n) is 4.27. The van der Waals surface area contributed by atoms with Crippen LogP contribution in [0.5, 0.6) is 0 Å². The molecule has 1 fully saturated rings. The molecule has 0 unspecified atom stereocenters. The van der Waals surface area contributed by atoms with Crippen molar-refractivity contribution >= 4 is 28.9 Å². The van der Waals surface area contributed by atoms with Gasteiger partial charge in [0.2, 0.25) is 0 Å². The van der Waals surface area contributed by atoms with Crippen LogP contribution in [0.4, 0.5) is 9.18 Å². The summed E-state index contributed by atoms with van der Waals surface area (Å²) in [6, 6.07) is 7.61. The van der Waals surface area contributed by atoms with E-state index < -0.39 is 18.0 Å². The molecule has 1 aromatic carbocycles. The molecule has 27 heavy (non-hydrogen) atoms. The molecule has 0 bridgehead atoms. The maximum atomic E-state index is 13.1. The third kappa shape index (κ3) is 3.86. The van der Waals surface area contributed by atoms with Crippen LogP contribution in [0.1, 0.15) is 17.5 Å². The lowest BCUT2D eigenvalue weighted by atomic mass is 10.2. The fourth-order valence-electron chi connectivity index (χ4n) is 2.86. The van der Waals surface area contributed by atoms with E-state index in [2.05, 4.69) is 15.0 Å². The lowest BCUT2D eigenvalue weighted by Gasteiger charge is -2.31. The highest BCUT2D eigenvalue weighted by molar-refractivity contribution is 6.31. The summed E-state index contributed by atoms with van der Waals surface area (Å²) in [7, 11) is 0. The number of morpholine rings is 1. The predicted molar refractivity (Wildman–Crippen MR) is 95.7 cm³/mol. The zero-order valence-corrected chi connectivity index (χ0v) is 14.9. The average Bonchev–Trinajstić information content (AvgIpc) is 3.11. The van der Waals surface area contributed by atoms with Crippen molar-refractivity contribution in [2.24, 2.45) is 0 Å². The Hall–Kier alpha value is -2.71. The number of nitrogens with zero attached hydrogens (tertiary/aromatic N) is 3. The lowest BCUT2D eigenvalue weighted by molar-refractivity contribution is -0.0330. The molecular weight excluding hydrogens is 375 g/mol. The number of aromatic nitrogens is 3. The van der Waals surface area contributed by atoms with Gasteiger partial charge in [-0.2, -0.15) is 0 Å². The number of aromatic amines is 1. The first-order valence-corrected chi connectivity index (χ1v) is 8.76. The van der Waals surface area contributed by atoms with E-state index in [1.165, 1.54) is 18.2 Å². The number of fused-ring (bicyclic) bond motifs is 1. The summed E-state index contributed by atoms with van der Waals surface area (Å²) in [6.07, 6.45) is 0.795. The van der Waals surface area contributed by atoms with Crippen LogP contribution in [0.15, 0.2) is 36.5 Å². The molecule has 0 spiro atoms. The molecule has 0 aliphatic carbocycles. The van der Waals surface area contributed by atoms with Crippen molar-refractivity contribution < 1.29 is 18.7 Å². The third-order valence-corrected chi connectivity index (χ3v) is 4.62. The first-order chi connectivity index (χ1) is 13.1. The Kier molecular flexibility index (Phi) is 4.91. The van der Waals surface area contributed by atoms with Gasteiger partial charge in [0.1, 0.15) is 29.9 Å². The minimum Gasteiger partial charge on any atom is -0.444 e. The first-order valence-electron chi connectivity index (χ1n) is 8.38. The quantitative estimate of drug-likeness (QED) is 0.740. The maximum absolute atomic E-state index is 13.1. The summed E-state index contributed by atoms with van der Waals surface area (Å²) in [5.74, 6) is 0.175. The SMILES string of the molecule is O=C(OCc1ccc(F)cc1Cl)N1CCO[C@H](c2nc3cccnc3[nH]2)C1. The highest BCUT2D eigenvalue weighted by Crippen LogP contribution is 2.23.